The van der Waals surface area contributed by atoms with Crippen LogP contribution in [0, 0.1) is 5.92 Å². The average molecular weight is 169 g/mol. The molecule has 0 saturated heterocycles. The van der Waals surface area contributed by atoms with E-state index in [9.17, 15) is 0 Å². The predicted molar refractivity (Wildman–Crippen MR) is 54.3 cm³/mol. The van der Waals surface area contributed by atoms with Gasteiger partial charge in [-0.1, -0.05) is 33.1 Å². The smallest absolute Gasteiger partial charge is 0.00696 e. The fraction of sp³-hybridized carbons (Fsp3) is 1.00. The van der Waals surface area contributed by atoms with Gasteiger partial charge in [0.1, 0.15) is 0 Å². The van der Waals surface area contributed by atoms with Crippen LogP contribution in [0.3, 0.4) is 0 Å². The van der Waals surface area contributed by atoms with Gasteiger partial charge >= 0.3 is 0 Å². The molecule has 1 saturated carbocycles. The van der Waals surface area contributed by atoms with Gasteiger partial charge in [-0.15, -0.1) is 0 Å². The van der Waals surface area contributed by atoms with Crippen LogP contribution in [0.1, 0.15) is 52.4 Å². The second kappa shape index (κ2) is 5.58. The molecule has 1 nitrogen and oxygen atoms in total. The second-order valence-corrected chi connectivity index (χ2v) is 4.28. The number of hydrogen-bond donors (Lipinski definition) is 1. The molecule has 0 unspecified atom stereocenters. The zero-order valence-electron chi connectivity index (χ0n) is 8.60. The lowest BCUT2D eigenvalue weighted by molar-refractivity contribution is 0.301. The molecule has 0 amide bonds. The highest BCUT2D eigenvalue weighted by Gasteiger charge is 2.17. The van der Waals surface area contributed by atoms with Crippen molar-refractivity contribution in [2.45, 2.75) is 58.4 Å². The molecule has 0 radical (unpaired) electrons. The minimum absolute atomic E-state index is 0.834. The lowest BCUT2D eigenvalue weighted by Crippen LogP contribution is -2.34. The molecule has 72 valence electrons. The first-order valence-corrected chi connectivity index (χ1v) is 5.56. The van der Waals surface area contributed by atoms with Gasteiger partial charge in [0.25, 0.3) is 0 Å². The van der Waals surface area contributed by atoms with E-state index < -0.39 is 0 Å². The summed E-state index contributed by atoms with van der Waals surface area (Å²) in [6.07, 6.45) is 8.36. The molecule has 1 fully saturated rings. The summed E-state index contributed by atoms with van der Waals surface area (Å²) in [7, 11) is 0. The van der Waals surface area contributed by atoms with E-state index in [0.29, 0.717) is 0 Å². The zero-order valence-corrected chi connectivity index (χ0v) is 8.60. The van der Waals surface area contributed by atoms with Gasteiger partial charge in [-0.2, -0.15) is 0 Å². The first kappa shape index (κ1) is 10.0. The van der Waals surface area contributed by atoms with Crippen molar-refractivity contribution >= 4 is 0 Å². The average Bonchev–Trinajstić information content (AvgIpc) is 2.05. The van der Waals surface area contributed by atoms with Crippen molar-refractivity contribution in [2.24, 2.45) is 5.92 Å². The molecular formula is C11H23N. The molecule has 1 rings (SSSR count). The Morgan fingerprint density at radius 2 is 2.17 bits per heavy atom. The summed E-state index contributed by atoms with van der Waals surface area (Å²) in [5, 5.41) is 3.65. The summed E-state index contributed by atoms with van der Waals surface area (Å²) in [6, 6.07) is 0.834. The highest BCUT2D eigenvalue weighted by molar-refractivity contribution is 4.75. The predicted octanol–water partition coefficient (Wildman–Crippen LogP) is 2.95. The normalized spacial score (nSPS) is 30.5. The van der Waals surface area contributed by atoms with Gasteiger partial charge in [0.15, 0.2) is 0 Å². The maximum atomic E-state index is 3.65. The van der Waals surface area contributed by atoms with E-state index in [2.05, 4.69) is 19.2 Å². The van der Waals surface area contributed by atoms with Crippen LogP contribution in [-0.2, 0) is 0 Å². The third-order valence-electron chi connectivity index (χ3n) is 2.90. The Kier molecular flexibility index (Phi) is 4.67. The summed E-state index contributed by atoms with van der Waals surface area (Å²) in [4.78, 5) is 0. The third kappa shape index (κ3) is 3.57. The van der Waals surface area contributed by atoms with E-state index in [4.69, 9.17) is 0 Å². The van der Waals surface area contributed by atoms with Gasteiger partial charge in [-0.05, 0) is 31.7 Å². The summed E-state index contributed by atoms with van der Waals surface area (Å²) >= 11 is 0. The Balaban J connectivity index is 2.06. The molecule has 1 N–H and O–H groups in total. The fourth-order valence-electron chi connectivity index (χ4n) is 2.10. The van der Waals surface area contributed by atoms with E-state index in [0.717, 1.165) is 12.0 Å². The SMILES string of the molecule is CCCCN[C@H]1CCC[C@H](C)C1. The third-order valence-corrected chi connectivity index (χ3v) is 2.90. The number of hydrogen-bond acceptors (Lipinski definition) is 1. The first-order chi connectivity index (χ1) is 5.83. The van der Waals surface area contributed by atoms with Gasteiger partial charge in [0.2, 0.25) is 0 Å². The van der Waals surface area contributed by atoms with Crippen LogP contribution >= 0.6 is 0 Å². The summed E-state index contributed by atoms with van der Waals surface area (Å²) in [6.45, 7) is 5.87. The van der Waals surface area contributed by atoms with E-state index in [1.165, 1.54) is 45.1 Å². The molecule has 2 atom stereocenters. The molecule has 12 heavy (non-hydrogen) atoms. The zero-order chi connectivity index (χ0) is 8.81. The molecule has 0 aromatic heterocycles. The van der Waals surface area contributed by atoms with Crippen molar-refractivity contribution in [3.05, 3.63) is 0 Å². The molecule has 0 bridgehead atoms. The number of unbranched alkanes of at least 4 members (excludes halogenated alkanes) is 1. The molecule has 0 aliphatic heterocycles. The van der Waals surface area contributed by atoms with Crippen LogP contribution in [0.2, 0.25) is 0 Å². The lowest BCUT2D eigenvalue weighted by Gasteiger charge is -2.27. The lowest BCUT2D eigenvalue weighted by atomic mass is 9.87. The van der Waals surface area contributed by atoms with E-state index in [1.807, 2.05) is 0 Å². The van der Waals surface area contributed by atoms with Gasteiger partial charge in [0.05, 0.1) is 0 Å². The summed E-state index contributed by atoms with van der Waals surface area (Å²) in [5.74, 6) is 0.956. The van der Waals surface area contributed by atoms with Crippen molar-refractivity contribution < 1.29 is 0 Å². The molecule has 0 spiro atoms. The van der Waals surface area contributed by atoms with Crippen LogP contribution in [-0.4, -0.2) is 12.6 Å². The van der Waals surface area contributed by atoms with Crippen LogP contribution in [0.5, 0.6) is 0 Å². The Morgan fingerprint density at radius 3 is 2.83 bits per heavy atom. The molecule has 0 heterocycles. The molecule has 1 aliphatic carbocycles. The van der Waals surface area contributed by atoms with Crippen molar-refractivity contribution in [3.63, 3.8) is 0 Å². The summed E-state index contributed by atoms with van der Waals surface area (Å²) < 4.78 is 0. The van der Waals surface area contributed by atoms with Gasteiger partial charge in [0, 0.05) is 6.04 Å². The Bertz CT molecular complexity index is 112. The van der Waals surface area contributed by atoms with Gasteiger partial charge < -0.3 is 5.32 Å². The van der Waals surface area contributed by atoms with Crippen molar-refractivity contribution in [1.29, 1.82) is 0 Å². The van der Waals surface area contributed by atoms with Crippen LogP contribution < -0.4 is 5.32 Å². The van der Waals surface area contributed by atoms with Gasteiger partial charge in [-0.25, -0.2) is 0 Å². The molecule has 0 aromatic rings. The van der Waals surface area contributed by atoms with Crippen molar-refractivity contribution in [3.8, 4) is 0 Å². The standard InChI is InChI=1S/C11H23N/c1-3-4-8-12-11-7-5-6-10(2)9-11/h10-12H,3-9H2,1-2H3/t10-,11-/m0/s1. The fourth-order valence-corrected chi connectivity index (χ4v) is 2.10. The minimum Gasteiger partial charge on any atom is -0.314 e. The molecule has 0 aromatic carbocycles. The Hall–Kier alpha value is -0.0400. The monoisotopic (exact) mass is 169 g/mol. The summed E-state index contributed by atoms with van der Waals surface area (Å²) in [5.41, 5.74) is 0. The van der Waals surface area contributed by atoms with E-state index >= 15 is 0 Å². The molecule has 1 aliphatic rings. The minimum atomic E-state index is 0.834. The van der Waals surface area contributed by atoms with Crippen LogP contribution in [0.4, 0.5) is 0 Å². The van der Waals surface area contributed by atoms with Gasteiger partial charge in [-0.3, -0.25) is 0 Å². The van der Waals surface area contributed by atoms with E-state index in [1.54, 1.807) is 0 Å². The van der Waals surface area contributed by atoms with Crippen LogP contribution in [0.25, 0.3) is 0 Å². The van der Waals surface area contributed by atoms with Crippen molar-refractivity contribution in [1.82, 2.24) is 5.32 Å². The Morgan fingerprint density at radius 1 is 1.33 bits per heavy atom. The topological polar surface area (TPSA) is 12.0 Å². The highest BCUT2D eigenvalue weighted by atomic mass is 14.9. The molecule has 1 heteroatoms. The van der Waals surface area contributed by atoms with E-state index in [-0.39, 0.29) is 0 Å². The first-order valence-electron chi connectivity index (χ1n) is 5.56. The number of rotatable bonds is 4. The van der Waals surface area contributed by atoms with Crippen molar-refractivity contribution in [2.75, 3.05) is 6.54 Å². The highest BCUT2D eigenvalue weighted by Crippen LogP contribution is 2.23. The largest absolute Gasteiger partial charge is 0.314 e. The Labute approximate surface area is 76.9 Å². The maximum Gasteiger partial charge on any atom is 0.00696 e. The van der Waals surface area contributed by atoms with Crippen LogP contribution in [0.15, 0.2) is 0 Å². The quantitative estimate of drug-likeness (QED) is 0.638. The molecular weight excluding hydrogens is 146 g/mol. The second-order valence-electron chi connectivity index (χ2n) is 4.28. The maximum absolute atomic E-state index is 3.65. The number of nitrogens with one attached hydrogen (secondary N) is 1.